The number of carbonyl (C=O) groups is 2. The van der Waals surface area contributed by atoms with Gasteiger partial charge in [-0.15, -0.1) is 11.3 Å². The van der Waals surface area contributed by atoms with Crippen molar-refractivity contribution < 1.29 is 9.59 Å². The predicted octanol–water partition coefficient (Wildman–Crippen LogP) is 5.23. The molecule has 0 unspecified atom stereocenters. The molecule has 1 aliphatic rings. The number of thiophene rings is 1. The topological polar surface area (TPSA) is 52.7 Å². The van der Waals surface area contributed by atoms with Crippen LogP contribution in [0.4, 0.5) is 11.4 Å². The van der Waals surface area contributed by atoms with Crippen LogP contribution < -0.4 is 10.2 Å². The van der Waals surface area contributed by atoms with Gasteiger partial charge in [-0.2, -0.15) is 0 Å². The quantitative estimate of drug-likeness (QED) is 0.588. The van der Waals surface area contributed by atoms with E-state index in [4.69, 9.17) is 11.6 Å². The van der Waals surface area contributed by atoms with E-state index in [1.807, 2.05) is 66.6 Å². The van der Waals surface area contributed by atoms with Crippen LogP contribution in [0.2, 0.25) is 5.02 Å². The van der Waals surface area contributed by atoms with Crippen LogP contribution >= 0.6 is 22.9 Å². The van der Waals surface area contributed by atoms with Gasteiger partial charge in [-0.1, -0.05) is 35.4 Å². The molecule has 2 amide bonds. The lowest BCUT2D eigenvalue weighted by Crippen LogP contribution is -2.48. The van der Waals surface area contributed by atoms with E-state index < -0.39 is 0 Å². The average Bonchev–Trinajstić information content (AvgIpc) is 3.28. The number of rotatable bonds is 4. The average molecular weight is 454 g/mol. The van der Waals surface area contributed by atoms with Gasteiger partial charge in [0.05, 0.1) is 15.6 Å². The Morgan fingerprint density at radius 2 is 1.77 bits per heavy atom. The van der Waals surface area contributed by atoms with Gasteiger partial charge in [0.2, 0.25) is 0 Å². The summed E-state index contributed by atoms with van der Waals surface area (Å²) in [6.45, 7) is 6.67. The third-order valence-electron chi connectivity index (χ3n) is 5.47. The molecule has 160 valence electrons. The van der Waals surface area contributed by atoms with Crippen LogP contribution in [0.5, 0.6) is 0 Å². The summed E-state index contributed by atoms with van der Waals surface area (Å²) in [6.07, 6.45) is 0. The van der Waals surface area contributed by atoms with Crippen molar-refractivity contribution >= 4 is 46.1 Å². The molecule has 4 rings (SSSR count). The lowest BCUT2D eigenvalue weighted by molar-refractivity contribution is 0.0751. The lowest BCUT2D eigenvalue weighted by Gasteiger charge is -2.36. The molecule has 1 N–H and O–H groups in total. The van der Waals surface area contributed by atoms with Gasteiger partial charge in [-0.25, -0.2) is 0 Å². The number of halogens is 1. The smallest absolute Gasteiger partial charge is 0.264 e. The zero-order valence-corrected chi connectivity index (χ0v) is 19.1. The summed E-state index contributed by atoms with van der Waals surface area (Å²) in [6, 6.07) is 15.1. The molecule has 5 nitrogen and oxygen atoms in total. The van der Waals surface area contributed by atoms with Crippen LogP contribution in [0.3, 0.4) is 0 Å². The van der Waals surface area contributed by atoms with E-state index in [1.165, 1.54) is 11.3 Å². The van der Waals surface area contributed by atoms with Crippen LogP contribution in [-0.4, -0.2) is 42.9 Å². The first-order valence-corrected chi connectivity index (χ1v) is 11.4. The van der Waals surface area contributed by atoms with E-state index in [-0.39, 0.29) is 11.8 Å². The molecule has 1 saturated heterocycles. The molecule has 1 aromatic heterocycles. The van der Waals surface area contributed by atoms with Crippen molar-refractivity contribution in [1.29, 1.82) is 0 Å². The molecular formula is C24H24ClN3O2S. The Kier molecular flexibility index (Phi) is 6.30. The van der Waals surface area contributed by atoms with Crippen LogP contribution in [0.15, 0.2) is 53.9 Å². The minimum atomic E-state index is -0.151. The van der Waals surface area contributed by atoms with Crippen molar-refractivity contribution in [3.05, 3.63) is 80.5 Å². The van der Waals surface area contributed by atoms with Crippen molar-refractivity contribution in [2.24, 2.45) is 0 Å². The normalized spacial score (nSPS) is 13.9. The van der Waals surface area contributed by atoms with E-state index in [0.29, 0.717) is 42.5 Å². The number of carbonyl (C=O) groups excluding carboxylic acids is 2. The fraction of sp³-hybridized carbons (Fsp3) is 0.250. The lowest BCUT2D eigenvalue weighted by atomic mass is 10.1. The number of anilines is 2. The first-order chi connectivity index (χ1) is 14.9. The summed E-state index contributed by atoms with van der Waals surface area (Å²) in [5.74, 6) is -0.0628. The van der Waals surface area contributed by atoms with Gasteiger partial charge in [0.1, 0.15) is 0 Å². The van der Waals surface area contributed by atoms with Crippen LogP contribution in [0.25, 0.3) is 0 Å². The largest absolute Gasteiger partial charge is 0.367 e. The molecule has 0 saturated carbocycles. The van der Waals surface area contributed by atoms with Crippen LogP contribution in [0, 0.1) is 13.8 Å². The van der Waals surface area contributed by atoms with Crippen molar-refractivity contribution in [2.75, 3.05) is 36.4 Å². The maximum Gasteiger partial charge on any atom is 0.264 e. The number of aryl methyl sites for hydroxylation is 2. The minimum absolute atomic E-state index is 0.0882. The fourth-order valence-electron chi connectivity index (χ4n) is 3.81. The SMILES string of the molecule is Cc1ccc(C(=O)Nc2ccc(N3CCN(C(=O)c4cccs4)CC3)c(Cl)c2)c(C)c1. The Morgan fingerprint density at radius 3 is 2.42 bits per heavy atom. The fourth-order valence-corrected chi connectivity index (χ4v) is 4.81. The molecule has 31 heavy (non-hydrogen) atoms. The van der Waals surface area contributed by atoms with E-state index in [9.17, 15) is 9.59 Å². The molecule has 1 fully saturated rings. The van der Waals surface area contributed by atoms with Gasteiger partial charge in [0.25, 0.3) is 11.8 Å². The maximum atomic E-state index is 12.6. The molecule has 0 spiro atoms. The van der Waals surface area contributed by atoms with Crippen LogP contribution in [0.1, 0.15) is 31.2 Å². The van der Waals surface area contributed by atoms with Gasteiger partial charge < -0.3 is 15.1 Å². The summed E-state index contributed by atoms with van der Waals surface area (Å²) in [5.41, 5.74) is 4.28. The predicted molar refractivity (Wildman–Crippen MR) is 128 cm³/mol. The summed E-state index contributed by atoms with van der Waals surface area (Å²) in [5, 5.41) is 5.43. The minimum Gasteiger partial charge on any atom is -0.367 e. The summed E-state index contributed by atoms with van der Waals surface area (Å²) < 4.78 is 0. The second kappa shape index (κ2) is 9.12. The second-order valence-electron chi connectivity index (χ2n) is 7.70. The van der Waals surface area contributed by atoms with Gasteiger partial charge in [0.15, 0.2) is 0 Å². The van der Waals surface area contributed by atoms with E-state index in [0.717, 1.165) is 21.7 Å². The molecule has 0 radical (unpaired) electrons. The number of amides is 2. The number of hydrogen-bond acceptors (Lipinski definition) is 4. The van der Waals surface area contributed by atoms with E-state index in [1.54, 1.807) is 6.07 Å². The first-order valence-electron chi connectivity index (χ1n) is 10.2. The molecule has 0 atom stereocenters. The zero-order valence-electron chi connectivity index (χ0n) is 17.5. The highest BCUT2D eigenvalue weighted by Gasteiger charge is 2.24. The van der Waals surface area contributed by atoms with Gasteiger partial charge >= 0.3 is 0 Å². The van der Waals surface area contributed by atoms with Crippen molar-refractivity contribution in [1.82, 2.24) is 4.90 Å². The number of benzene rings is 2. The standard InChI is InChI=1S/C24H24ClN3O2S/c1-16-5-7-19(17(2)14-16)23(29)26-18-6-8-21(20(25)15-18)27-9-11-28(12-10-27)24(30)22-4-3-13-31-22/h3-8,13-15H,9-12H2,1-2H3,(H,26,29). The Morgan fingerprint density at radius 1 is 1.00 bits per heavy atom. The van der Waals surface area contributed by atoms with Crippen molar-refractivity contribution in [2.45, 2.75) is 13.8 Å². The molecule has 2 aromatic carbocycles. The third kappa shape index (κ3) is 4.75. The maximum absolute atomic E-state index is 12.6. The molecule has 0 aliphatic carbocycles. The molecule has 3 aromatic rings. The zero-order chi connectivity index (χ0) is 22.0. The summed E-state index contributed by atoms with van der Waals surface area (Å²) >= 11 is 8.02. The van der Waals surface area contributed by atoms with Crippen molar-refractivity contribution in [3.8, 4) is 0 Å². The Hall–Kier alpha value is -2.83. The van der Waals surface area contributed by atoms with Gasteiger partial charge in [-0.3, -0.25) is 9.59 Å². The molecule has 0 bridgehead atoms. The summed E-state index contributed by atoms with van der Waals surface area (Å²) in [4.78, 5) is 30.0. The number of piperazine rings is 1. The molecule has 7 heteroatoms. The second-order valence-corrected chi connectivity index (χ2v) is 9.05. The highest BCUT2D eigenvalue weighted by Crippen LogP contribution is 2.30. The molecule has 1 aliphatic heterocycles. The van der Waals surface area contributed by atoms with Gasteiger partial charge in [0, 0.05) is 37.4 Å². The first kappa shape index (κ1) is 21.4. The summed E-state index contributed by atoms with van der Waals surface area (Å²) in [7, 11) is 0. The Bertz CT molecular complexity index is 1110. The number of nitrogens with zero attached hydrogens (tertiary/aromatic N) is 2. The highest BCUT2D eigenvalue weighted by atomic mass is 35.5. The highest BCUT2D eigenvalue weighted by molar-refractivity contribution is 7.12. The number of hydrogen-bond donors (Lipinski definition) is 1. The third-order valence-corrected chi connectivity index (χ3v) is 6.63. The Balaban J connectivity index is 1.40. The van der Waals surface area contributed by atoms with Crippen LogP contribution in [-0.2, 0) is 0 Å². The van der Waals surface area contributed by atoms with Crippen molar-refractivity contribution in [3.63, 3.8) is 0 Å². The molecule has 2 heterocycles. The monoisotopic (exact) mass is 453 g/mol. The molecular weight excluding hydrogens is 430 g/mol. The van der Waals surface area contributed by atoms with E-state index >= 15 is 0 Å². The number of nitrogens with one attached hydrogen (secondary N) is 1. The van der Waals surface area contributed by atoms with Gasteiger partial charge in [-0.05, 0) is 55.1 Å². The van der Waals surface area contributed by atoms with E-state index in [2.05, 4.69) is 10.2 Å². The Labute approximate surface area is 191 Å².